The molecule has 0 saturated heterocycles. The van der Waals surface area contributed by atoms with Crippen LogP contribution >= 0.6 is 0 Å². The molecule has 0 bridgehead atoms. The highest BCUT2D eigenvalue weighted by atomic mass is 16.5. The van der Waals surface area contributed by atoms with Gasteiger partial charge in [0, 0.05) is 7.85 Å². The number of rotatable bonds is 4. The second-order valence-corrected chi connectivity index (χ2v) is 6.66. The molecule has 0 heterocycles. The summed E-state index contributed by atoms with van der Waals surface area (Å²) < 4.78 is 5.66. The lowest BCUT2D eigenvalue weighted by Crippen LogP contribution is -2.08. The molecular weight excluding hydrogens is 296 g/mol. The first-order valence-corrected chi connectivity index (χ1v) is 8.63. The molecule has 0 atom stereocenters. The molecule has 0 unspecified atom stereocenters. The van der Waals surface area contributed by atoms with Crippen molar-refractivity contribution in [1.82, 2.24) is 0 Å². The first-order chi connectivity index (χ1) is 11.2. The predicted molar refractivity (Wildman–Crippen MR) is 103 cm³/mol. The lowest BCUT2D eigenvalue weighted by atomic mass is 9.82. The van der Waals surface area contributed by atoms with Crippen molar-refractivity contribution in [3.05, 3.63) is 58.7 Å². The summed E-state index contributed by atoms with van der Waals surface area (Å²) in [6.07, 6.45) is 7.27. The number of phenols is 1. The molecule has 1 saturated carbocycles. The van der Waals surface area contributed by atoms with Crippen LogP contribution in [0.4, 0.5) is 0 Å². The van der Waals surface area contributed by atoms with Gasteiger partial charge in [-0.05, 0) is 60.1 Å². The molecule has 0 radical (unpaired) electrons. The average molecular weight is 328 g/mol. The van der Waals surface area contributed by atoms with E-state index < -0.39 is 0 Å². The van der Waals surface area contributed by atoms with Gasteiger partial charge in [-0.1, -0.05) is 51.0 Å². The van der Waals surface area contributed by atoms with E-state index in [4.69, 9.17) is 4.74 Å². The van der Waals surface area contributed by atoms with Gasteiger partial charge in [0.1, 0.15) is 11.5 Å². The van der Waals surface area contributed by atoms with Crippen LogP contribution in [0.3, 0.4) is 0 Å². The number of phenolic OH excluding ortho intramolecular Hbond substituents is 1. The summed E-state index contributed by atoms with van der Waals surface area (Å²) in [7, 11) is 1.77. The molecule has 2 aromatic rings. The average Bonchev–Trinajstić information content (AvgIpc) is 2.59. The minimum absolute atomic E-state index is 0. The third kappa shape index (κ3) is 3.92. The molecule has 1 fully saturated rings. The highest BCUT2D eigenvalue weighted by Gasteiger charge is 2.20. The number of hydrogen-bond donors (Lipinski definition) is 1. The molecule has 2 aromatic carbocycles. The summed E-state index contributed by atoms with van der Waals surface area (Å²) in [6.45, 7) is 2.13. The molecule has 132 valence electrons. The molecule has 0 spiro atoms. The number of aromatic hydroxyl groups is 1. The minimum atomic E-state index is 0. The maximum Gasteiger partial charge on any atom is 0.122 e. The first kappa shape index (κ1) is 18.4. The van der Waals surface area contributed by atoms with Gasteiger partial charge >= 0.3 is 0 Å². The highest BCUT2D eigenvalue weighted by Crippen LogP contribution is 2.39. The zero-order valence-corrected chi connectivity index (χ0v) is 14.1. The van der Waals surface area contributed by atoms with Gasteiger partial charge in [0.15, 0.2) is 0 Å². The molecule has 0 amide bonds. The minimum Gasteiger partial charge on any atom is -0.508 e. The quantitative estimate of drug-likeness (QED) is 0.721. The fraction of sp³-hybridized carbons (Fsp3) is 0.455. The van der Waals surface area contributed by atoms with Crippen molar-refractivity contribution in [2.45, 2.75) is 58.8 Å². The van der Waals surface area contributed by atoms with Crippen LogP contribution in [0, 0.1) is 6.92 Å². The van der Waals surface area contributed by atoms with E-state index in [1.807, 2.05) is 18.2 Å². The number of methoxy groups -OCH3 is 1. The predicted octanol–water partition coefficient (Wildman–Crippen LogP) is 6.23. The van der Waals surface area contributed by atoms with E-state index in [9.17, 15) is 5.11 Å². The number of aryl methyl sites for hydroxylation is 1. The summed E-state index contributed by atoms with van der Waals surface area (Å²) in [5.74, 6) is 2.01. The standard InChI is InChI=1S/C21H26O2.CH4.H2/c1-15-12-21(23-2)19(16-8-4-3-5-9-16)14-18(15)13-17-10-6-7-11-20(17)22;;/h6-7,10-12,14,16,22H,3-5,8-9,13H2,1-2H3;1H4;1H. The van der Waals surface area contributed by atoms with E-state index in [0.717, 1.165) is 17.7 Å². The normalized spacial score (nSPS) is 14.9. The molecule has 1 N–H and O–H groups in total. The fourth-order valence-electron chi connectivity index (χ4n) is 3.71. The molecule has 3 rings (SSSR count). The molecule has 2 heteroatoms. The van der Waals surface area contributed by atoms with E-state index in [1.165, 1.54) is 48.8 Å². The molecule has 0 aromatic heterocycles. The number of ether oxygens (including phenoxy) is 1. The number of hydrogen-bond acceptors (Lipinski definition) is 2. The Morgan fingerprint density at radius 2 is 1.79 bits per heavy atom. The molecule has 2 nitrogen and oxygen atoms in total. The van der Waals surface area contributed by atoms with Crippen molar-refractivity contribution in [3.63, 3.8) is 0 Å². The maximum absolute atomic E-state index is 10.1. The van der Waals surface area contributed by atoms with Crippen molar-refractivity contribution in [3.8, 4) is 11.5 Å². The SMILES string of the molecule is C.COc1cc(C)c(Cc2ccccc2O)cc1C1CCCCC1.[HH]. The van der Waals surface area contributed by atoms with E-state index >= 15 is 0 Å². The van der Waals surface area contributed by atoms with Crippen molar-refractivity contribution in [2.24, 2.45) is 0 Å². The smallest absolute Gasteiger partial charge is 0.122 e. The van der Waals surface area contributed by atoms with Crippen LogP contribution < -0.4 is 4.74 Å². The van der Waals surface area contributed by atoms with Crippen molar-refractivity contribution in [2.75, 3.05) is 7.11 Å². The largest absolute Gasteiger partial charge is 0.508 e. The zero-order valence-electron chi connectivity index (χ0n) is 14.1. The monoisotopic (exact) mass is 328 g/mol. The van der Waals surface area contributed by atoms with E-state index in [0.29, 0.717) is 11.7 Å². The van der Waals surface area contributed by atoms with Gasteiger partial charge in [-0.15, -0.1) is 0 Å². The van der Waals surface area contributed by atoms with Gasteiger partial charge < -0.3 is 9.84 Å². The summed E-state index contributed by atoms with van der Waals surface area (Å²) in [5.41, 5.74) is 4.84. The second kappa shape index (κ2) is 8.23. The van der Waals surface area contributed by atoms with Crippen LogP contribution in [0.1, 0.15) is 69.1 Å². The Morgan fingerprint density at radius 3 is 2.46 bits per heavy atom. The highest BCUT2D eigenvalue weighted by molar-refractivity contribution is 5.47. The summed E-state index contributed by atoms with van der Waals surface area (Å²) in [6, 6.07) is 12.1. The Labute approximate surface area is 148 Å². The molecular formula is C22H32O2. The third-order valence-corrected chi connectivity index (χ3v) is 5.11. The van der Waals surface area contributed by atoms with E-state index in [-0.39, 0.29) is 8.85 Å². The van der Waals surface area contributed by atoms with Crippen molar-refractivity contribution < 1.29 is 11.3 Å². The zero-order chi connectivity index (χ0) is 16.2. The van der Waals surface area contributed by atoms with Crippen molar-refractivity contribution >= 4 is 0 Å². The summed E-state index contributed by atoms with van der Waals surface area (Å²) >= 11 is 0. The van der Waals surface area contributed by atoms with Crippen molar-refractivity contribution in [1.29, 1.82) is 0 Å². The summed E-state index contributed by atoms with van der Waals surface area (Å²) in [5, 5.41) is 10.1. The Kier molecular flexibility index (Phi) is 6.30. The van der Waals surface area contributed by atoms with Crippen LogP contribution in [0.2, 0.25) is 0 Å². The molecule has 24 heavy (non-hydrogen) atoms. The fourth-order valence-corrected chi connectivity index (χ4v) is 3.71. The third-order valence-electron chi connectivity index (χ3n) is 5.11. The van der Waals surface area contributed by atoms with Gasteiger partial charge in [0.25, 0.3) is 0 Å². The van der Waals surface area contributed by atoms with Gasteiger partial charge in [-0.25, -0.2) is 0 Å². The number of benzene rings is 2. The van der Waals surface area contributed by atoms with Crippen LogP contribution in [0.5, 0.6) is 11.5 Å². The van der Waals surface area contributed by atoms with Gasteiger partial charge in [0.05, 0.1) is 7.11 Å². The van der Waals surface area contributed by atoms with Crippen LogP contribution in [-0.4, -0.2) is 12.2 Å². The van der Waals surface area contributed by atoms with Crippen LogP contribution in [-0.2, 0) is 6.42 Å². The van der Waals surface area contributed by atoms with E-state index in [2.05, 4.69) is 19.1 Å². The van der Waals surface area contributed by atoms with E-state index in [1.54, 1.807) is 13.2 Å². The first-order valence-electron chi connectivity index (χ1n) is 8.63. The molecule has 0 aliphatic heterocycles. The summed E-state index contributed by atoms with van der Waals surface area (Å²) in [4.78, 5) is 0. The van der Waals surface area contributed by atoms with Gasteiger partial charge in [-0.2, -0.15) is 0 Å². The van der Waals surface area contributed by atoms with Crippen LogP contribution in [0.25, 0.3) is 0 Å². The Bertz CT molecular complexity index is 676. The molecule has 1 aliphatic carbocycles. The lowest BCUT2D eigenvalue weighted by Gasteiger charge is -2.25. The lowest BCUT2D eigenvalue weighted by molar-refractivity contribution is 0.386. The van der Waals surface area contributed by atoms with Gasteiger partial charge in [0.2, 0.25) is 0 Å². The number of para-hydroxylation sites is 1. The Balaban J connectivity index is 0.00000156. The molecule has 1 aliphatic rings. The Morgan fingerprint density at radius 1 is 1.08 bits per heavy atom. The second-order valence-electron chi connectivity index (χ2n) is 6.66. The Hall–Kier alpha value is -1.96. The topological polar surface area (TPSA) is 29.5 Å². The van der Waals surface area contributed by atoms with Gasteiger partial charge in [-0.3, -0.25) is 0 Å². The van der Waals surface area contributed by atoms with Crippen LogP contribution in [0.15, 0.2) is 36.4 Å². The maximum atomic E-state index is 10.1.